The van der Waals surface area contributed by atoms with Crippen molar-refractivity contribution in [2.24, 2.45) is 5.10 Å². The van der Waals surface area contributed by atoms with E-state index in [1.165, 1.54) is 18.3 Å². The highest BCUT2D eigenvalue weighted by molar-refractivity contribution is 9.12. The molecule has 0 radical (unpaired) electrons. The van der Waals surface area contributed by atoms with Gasteiger partial charge in [0.1, 0.15) is 5.75 Å². The first kappa shape index (κ1) is 16.5. The van der Waals surface area contributed by atoms with E-state index in [0.29, 0.717) is 8.96 Å². The molecule has 0 aliphatic heterocycles. The quantitative estimate of drug-likeness (QED) is 0.568. The highest BCUT2D eigenvalue weighted by Gasteiger charge is 2.10. The van der Waals surface area contributed by atoms with Gasteiger partial charge in [-0.15, -0.1) is 0 Å². The molecule has 2 rings (SSSR count). The van der Waals surface area contributed by atoms with Gasteiger partial charge in [0.15, 0.2) is 0 Å². The third-order valence-electron chi connectivity index (χ3n) is 2.66. The van der Waals surface area contributed by atoms with Crippen LogP contribution >= 0.6 is 31.9 Å². The van der Waals surface area contributed by atoms with Crippen LogP contribution in [0.1, 0.15) is 15.9 Å². The number of halogens is 2. The van der Waals surface area contributed by atoms with Crippen LogP contribution in [0.15, 0.2) is 62.6 Å². The van der Waals surface area contributed by atoms with Crippen molar-refractivity contribution in [3.8, 4) is 5.75 Å². The fourth-order valence-electron chi connectivity index (χ4n) is 1.65. The van der Waals surface area contributed by atoms with Gasteiger partial charge in [0.25, 0.3) is 5.91 Å². The molecule has 1 amide bonds. The van der Waals surface area contributed by atoms with E-state index in [1.807, 2.05) is 36.4 Å². The normalized spacial score (nSPS) is 11.6. The van der Waals surface area contributed by atoms with Crippen molar-refractivity contribution in [1.29, 1.82) is 0 Å². The lowest BCUT2D eigenvalue weighted by Crippen LogP contribution is -2.17. The first-order valence-corrected chi connectivity index (χ1v) is 7.89. The highest BCUT2D eigenvalue weighted by Crippen LogP contribution is 2.21. The summed E-state index contributed by atoms with van der Waals surface area (Å²) in [7, 11) is 0. The molecular weight excluding hydrogens is 412 g/mol. The Hall–Kier alpha value is -1.92. The molecule has 4 nitrogen and oxygen atoms in total. The predicted octanol–water partition coefficient (Wildman–Crippen LogP) is 4.31. The first-order valence-electron chi connectivity index (χ1n) is 6.30. The minimum absolute atomic E-state index is 0.102. The number of hydrogen-bond donors (Lipinski definition) is 2. The van der Waals surface area contributed by atoms with Crippen LogP contribution in [0.4, 0.5) is 0 Å². The van der Waals surface area contributed by atoms with Gasteiger partial charge in [-0.25, -0.2) is 5.43 Å². The van der Waals surface area contributed by atoms with E-state index >= 15 is 0 Å². The fourth-order valence-corrected chi connectivity index (χ4v) is 2.38. The van der Waals surface area contributed by atoms with Crippen molar-refractivity contribution in [2.75, 3.05) is 0 Å². The largest absolute Gasteiger partial charge is 0.507 e. The number of amides is 1. The zero-order chi connectivity index (χ0) is 15.9. The summed E-state index contributed by atoms with van der Waals surface area (Å²) in [4.78, 5) is 11.9. The number of phenolic OH excluding ortho intramolecular Hbond substituents is 1. The van der Waals surface area contributed by atoms with Crippen molar-refractivity contribution in [2.45, 2.75) is 0 Å². The average molecular weight is 424 g/mol. The zero-order valence-corrected chi connectivity index (χ0v) is 14.5. The molecule has 22 heavy (non-hydrogen) atoms. The molecule has 0 aromatic heterocycles. The lowest BCUT2D eigenvalue weighted by molar-refractivity contribution is 0.0952. The maximum absolute atomic E-state index is 11.9. The Balaban J connectivity index is 2.01. The van der Waals surface area contributed by atoms with E-state index in [1.54, 1.807) is 6.07 Å². The third kappa shape index (κ3) is 4.82. The summed E-state index contributed by atoms with van der Waals surface area (Å²) in [5.74, 6) is -0.593. The topological polar surface area (TPSA) is 61.7 Å². The molecule has 0 saturated carbocycles. The third-order valence-corrected chi connectivity index (χ3v) is 3.59. The number of rotatable bonds is 4. The van der Waals surface area contributed by atoms with Crippen molar-refractivity contribution in [1.82, 2.24) is 5.43 Å². The molecule has 0 saturated heterocycles. The summed E-state index contributed by atoms with van der Waals surface area (Å²) < 4.78 is 1.40. The van der Waals surface area contributed by atoms with Gasteiger partial charge in [0.05, 0.1) is 11.8 Å². The van der Waals surface area contributed by atoms with Gasteiger partial charge in [-0.05, 0) is 45.8 Å². The van der Waals surface area contributed by atoms with Crippen LogP contribution in [0.25, 0.3) is 6.08 Å². The van der Waals surface area contributed by atoms with Crippen LogP contribution in [0.2, 0.25) is 0 Å². The molecule has 0 aliphatic carbocycles. The van der Waals surface area contributed by atoms with Crippen molar-refractivity contribution < 1.29 is 9.90 Å². The summed E-state index contributed by atoms with van der Waals surface area (Å²) in [5.41, 5.74) is 3.52. The van der Waals surface area contributed by atoms with Gasteiger partial charge >= 0.3 is 0 Å². The van der Waals surface area contributed by atoms with E-state index in [9.17, 15) is 9.90 Å². The Morgan fingerprint density at radius 2 is 1.91 bits per heavy atom. The molecular formula is C16H12Br2N2O2. The zero-order valence-electron chi connectivity index (χ0n) is 11.3. The van der Waals surface area contributed by atoms with E-state index in [0.717, 1.165) is 5.56 Å². The number of carbonyl (C=O) groups is 1. The molecule has 0 bridgehead atoms. The van der Waals surface area contributed by atoms with Crippen LogP contribution in [0.3, 0.4) is 0 Å². The van der Waals surface area contributed by atoms with Crippen LogP contribution in [-0.2, 0) is 0 Å². The Bertz CT molecular complexity index is 728. The minimum Gasteiger partial charge on any atom is -0.507 e. The number of allylic oxidation sites excluding steroid dienone is 1. The Morgan fingerprint density at radius 3 is 2.64 bits per heavy atom. The molecule has 0 heterocycles. The molecule has 0 unspecified atom stereocenters. The lowest BCUT2D eigenvalue weighted by Gasteiger charge is -2.03. The molecule has 112 valence electrons. The fraction of sp³-hybridized carbons (Fsp3) is 0. The van der Waals surface area contributed by atoms with Crippen LogP contribution in [0.5, 0.6) is 5.75 Å². The number of phenols is 1. The van der Waals surface area contributed by atoms with Crippen LogP contribution < -0.4 is 5.43 Å². The molecule has 0 atom stereocenters. The summed E-state index contributed by atoms with van der Waals surface area (Å²) in [6.07, 6.45) is 3.34. The summed E-state index contributed by atoms with van der Waals surface area (Å²) in [5, 5.41) is 13.5. The van der Waals surface area contributed by atoms with E-state index in [2.05, 4.69) is 42.4 Å². The molecule has 2 aromatic rings. The second-order valence-electron chi connectivity index (χ2n) is 4.30. The summed E-state index contributed by atoms with van der Waals surface area (Å²) >= 11 is 6.60. The van der Waals surface area contributed by atoms with Crippen molar-refractivity contribution in [3.05, 3.63) is 68.6 Å². The molecule has 0 spiro atoms. The maximum Gasteiger partial charge on any atom is 0.275 e. The van der Waals surface area contributed by atoms with Gasteiger partial charge in [0, 0.05) is 8.96 Å². The highest BCUT2D eigenvalue weighted by atomic mass is 79.9. The predicted molar refractivity (Wildman–Crippen MR) is 95.1 cm³/mol. The minimum atomic E-state index is -0.491. The van der Waals surface area contributed by atoms with E-state index in [-0.39, 0.29) is 11.3 Å². The number of nitrogens with zero attached hydrogens (tertiary/aromatic N) is 1. The number of carbonyl (C=O) groups excluding carboxylic acids is 1. The lowest BCUT2D eigenvalue weighted by atomic mass is 10.2. The van der Waals surface area contributed by atoms with E-state index in [4.69, 9.17) is 0 Å². The second kappa shape index (κ2) is 7.91. The second-order valence-corrected chi connectivity index (χ2v) is 6.13. The van der Waals surface area contributed by atoms with Gasteiger partial charge in [0.2, 0.25) is 0 Å². The standard InChI is InChI=1S/C16H12Br2N2O2/c17-12-6-7-15(21)14(9-12)16(22)20-19-10-13(18)8-11-4-2-1-3-5-11/h1-10,21H,(H,20,22)/b13-8+,19-10+. The van der Waals surface area contributed by atoms with E-state index < -0.39 is 5.91 Å². The van der Waals surface area contributed by atoms with Crippen LogP contribution in [-0.4, -0.2) is 17.2 Å². The summed E-state index contributed by atoms with van der Waals surface area (Å²) in [6, 6.07) is 14.3. The number of hydrogen-bond acceptors (Lipinski definition) is 3. The molecule has 2 N–H and O–H groups in total. The number of aromatic hydroxyl groups is 1. The smallest absolute Gasteiger partial charge is 0.275 e. The number of hydrazone groups is 1. The Labute approximate surface area is 144 Å². The summed E-state index contributed by atoms with van der Waals surface area (Å²) in [6.45, 7) is 0. The average Bonchev–Trinajstić information content (AvgIpc) is 2.50. The Morgan fingerprint density at radius 1 is 1.18 bits per heavy atom. The molecule has 6 heteroatoms. The number of benzene rings is 2. The van der Waals surface area contributed by atoms with Crippen molar-refractivity contribution >= 4 is 50.1 Å². The SMILES string of the molecule is O=C(N/N=C/C(Br)=C\c1ccccc1)c1cc(Br)ccc1O. The van der Waals surface area contributed by atoms with Gasteiger partial charge < -0.3 is 5.11 Å². The molecule has 2 aromatic carbocycles. The maximum atomic E-state index is 11.9. The Kier molecular flexibility index (Phi) is 5.91. The van der Waals surface area contributed by atoms with Crippen molar-refractivity contribution in [3.63, 3.8) is 0 Å². The molecule has 0 fully saturated rings. The van der Waals surface area contributed by atoms with Gasteiger partial charge in [-0.3, -0.25) is 4.79 Å². The molecule has 0 aliphatic rings. The van der Waals surface area contributed by atoms with Crippen LogP contribution in [0, 0.1) is 0 Å². The monoisotopic (exact) mass is 422 g/mol. The number of nitrogens with one attached hydrogen (secondary N) is 1. The first-order chi connectivity index (χ1) is 10.6. The van der Waals surface area contributed by atoms with Gasteiger partial charge in [-0.1, -0.05) is 46.3 Å². The van der Waals surface area contributed by atoms with Gasteiger partial charge in [-0.2, -0.15) is 5.10 Å².